The van der Waals surface area contributed by atoms with Crippen LogP contribution in [-0.4, -0.2) is 19.2 Å². The average Bonchev–Trinajstić information content (AvgIpc) is 2.89. The van der Waals surface area contributed by atoms with E-state index in [4.69, 9.17) is 13.5 Å². The van der Waals surface area contributed by atoms with Crippen molar-refractivity contribution >= 4 is 13.0 Å². The van der Waals surface area contributed by atoms with Gasteiger partial charge in [0.05, 0.1) is 0 Å². The molecule has 1 heterocycles. The van der Waals surface area contributed by atoms with E-state index in [2.05, 4.69) is 25.8 Å². The summed E-state index contributed by atoms with van der Waals surface area (Å²) in [7, 11) is -0.642. The van der Waals surface area contributed by atoms with E-state index in [1.165, 1.54) is 33.3 Å². The Hall–Kier alpha value is -0.640. The molecule has 0 spiro atoms. The number of hydrogen-bond donors (Lipinski definition) is 0. The molecule has 110 valence electrons. The quantitative estimate of drug-likeness (QED) is 0.540. The molecular weight excluding hydrogens is 265 g/mol. The largest absolute Gasteiger partial charge is 0.447 e. The zero-order chi connectivity index (χ0) is 14.5. The van der Waals surface area contributed by atoms with Crippen LogP contribution in [0.15, 0.2) is 10.7 Å². The summed E-state index contributed by atoms with van der Waals surface area (Å²) in [5.41, 5.74) is 0.0516. The number of rotatable bonds is 8. The highest BCUT2D eigenvalue weighted by atomic mass is 31.2. The van der Waals surface area contributed by atoms with Gasteiger partial charge in [-0.2, -0.15) is 0 Å². The number of nitrogens with zero attached hydrogens (tertiary/aromatic N) is 1. The maximum absolute atomic E-state index is 12.2. The fourth-order valence-corrected chi connectivity index (χ4v) is 2.81. The Morgan fingerprint density at radius 1 is 1.32 bits per heavy atom. The number of aromatic nitrogens is 1. The Bertz CT molecular complexity index is 434. The smallest absolute Gasteiger partial charge is 0.382 e. The summed E-state index contributed by atoms with van der Waals surface area (Å²) >= 11 is 0. The molecule has 0 N–H and O–H groups in total. The zero-order valence-corrected chi connectivity index (χ0v) is 13.3. The van der Waals surface area contributed by atoms with Crippen LogP contribution in [0.25, 0.3) is 0 Å². The van der Waals surface area contributed by atoms with Crippen LogP contribution in [-0.2, 0) is 19.0 Å². The topological polar surface area (TPSA) is 61.6 Å². The summed E-state index contributed by atoms with van der Waals surface area (Å²) in [6.07, 6.45) is 5.82. The van der Waals surface area contributed by atoms with Gasteiger partial charge in [-0.1, -0.05) is 40.0 Å². The van der Waals surface area contributed by atoms with Crippen LogP contribution in [0, 0.1) is 0 Å². The molecule has 0 amide bonds. The summed E-state index contributed by atoms with van der Waals surface area (Å²) in [5.74, 6) is 0.577. The minimum absolute atomic E-state index is 0.181. The molecule has 0 fully saturated rings. The molecule has 0 unspecified atom stereocenters. The lowest BCUT2D eigenvalue weighted by molar-refractivity contribution is 0.286. The molecule has 5 nitrogen and oxygen atoms in total. The zero-order valence-electron chi connectivity index (χ0n) is 12.4. The molecule has 6 heteroatoms. The van der Waals surface area contributed by atoms with Crippen molar-refractivity contribution in [3.8, 4) is 0 Å². The maximum Gasteiger partial charge on any atom is 0.382 e. The monoisotopic (exact) mass is 289 g/mol. The van der Waals surface area contributed by atoms with Gasteiger partial charge in [-0.3, -0.25) is 4.57 Å². The van der Waals surface area contributed by atoms with Crippen molar-refractivity contribution in [1.29, 1.82) is 0 Å². The Morgan fingerprint density at radius 2 is 1.95 bits per heavy atom. The van der Waals surface area contributed by atoms with Gasteiger partial charge in [-0.25, -0.2) is 4.98 Å². The van der Waals surface area contributed by atoms with Crippen molar-refractivity contribution in [2.75, 3.05) is 14.2 Å². The molecule has 0 aromatic carbocycles. The molecule has 1 aromatic rings. The molecule has 19 heavy (non-hydrogen) atoms. The van der Waals surface area contributed by atoms with Crippen molar-refractivity contribution in [2.45, 2.75) is 51.9 Å². The Morgan fingerprint density at radius 3 is 2.47 bits per heavy atom. The van der Waals surface area contributed by atoms with E-state index in [1.807, 2.05) is 0 Å². The third-order valence-corrected chi connectivity index (χ3v) is 4.97. The van der Waals surface area contributed by atoms with Crippen LogP contribution < -0.4 is 5.44 Å². The third kappa shape index (κ3) is 3.91. The van der Waals surface area contributed by atoms with E-state index in [0.717, 1.165) is 12.8 Å². The highest BCUT2D eigenvalue weighted by Gasteiger charge is 2.33. The van der Waals surface area contributed by atoms with Crippen molar-refractivity contribution < 1.29 is 18.0 Å². The second-order valence-corrected chi connectivity index (χ2v) is 7.40. The van der Waals surface area contributed by atoms with Crippen LogP contribution in [0.4, 0.5) is 0 Å². The summed E-state index contributed by atoms with van der Waals surface area (Å²) < 4.78 is 27.5. The van der Waals surface area contributed by atoms with Gasteiger partial charge in [-0.15, -0.1) is 0 Å². The highest BCUT2D eigenvalue weighted by Crippen LogP contribution is 2.45. The first-order valence-electron chi connectivity index (χ1n) is 6.57. The van der Waals surface area contributed by atoms with Gasteiger partial charge < -0.3 is 13.5 Å². The van der Waals surface area contributed by atoms with E-state index in [9.17, 15) is 4.57 Å². The van der Waals surface area contributed by atoms with Gasteiger partial charge in [0.25, 0.3) is 0 Å². The summed E-state index contributed by atoms with van der Waals surface area (Å²) in [6, 6.07) is 0. The first kappa shape index (κ1) is 16.4. The fraction of sp³-hybridized carbons (Fsp3) is 0.769. The summed E-state index contributed by atoms with van der Waals surface area (Å²) in [4.78, 5) is 4.29. The Kier molecular flexibility index (Phi) is 5.78. The van der Waals surface area contributed by atoms with Gasteiger partial charge in [0, 0.05) is 19.6 Å². The van der Waals surface area contributed by atoms with Crippen LogP contribution in [0.1, 0.15) is 52.3 Å². The summed E-state index contributed by atoms with van der Waals surface area (Å²) in [6.45, 7) is 6.31. The van der Waals surface area contributed by atoms with E-state index >= 15 is 0 Å². The van der Waals surface area contributed by atoms with E-state index in [0.29, 0.717) is 5.89 Å². The molecule has 0 aliphatic rings. The lowest BCUT2D eigenvalue weighted by Crippen LogP contribution is -2.19. The van der Waals surface area contributed by atoms with Gasteiger partial charge in [0.2, 0.25) is 5.89 Å². The minimum atomic E-state index is -3.32. The first-order chi connectivity index (χ1) is 8.89. The van der Waals surface area contributed by atoms with Gasteiger partial charge in [0.15, 0.2) is 5.44 Å². The predicted molar refractivity (Wildman–Crippen MR) is 74.9 cm³/mol. The fourth-order valence-electron chi connectivity index (χ4n) is 1.89. The van der Waals surface area contributed by atoms with Crippen LogP contribution in [0.3, 0.4) is 0 Å². The highest BCUT2D eigenvalue weighted by molar-refractivity contribution is 7.61. The Balaban J connectivity index is 2.86. The SMILES string of the molecule is CCCCCC(C)(C)c1nc(P(=O)(OC)OC)co1. The van der Waals surface area contributed by atoms with Crippen molar-refractivity contribution in [2.24, 2.45) is 0 Å². The lowest BCUT2D eigenvalue weighted by Gasteiger charge is -2.20. The van der Waals surface area contributed by atoms with Crippen LogP contribution in [0.2, 0.25) is 0 Å². The molecular formula is C13H24NO4P. The number of oxazole rings is 1. The molecule has 1 rings (SSSR count). The van der Waals surface area contributed by atoms with Gasteiger partial charge in [-0.05, 0) is 6.42 Å². The van der Waals surface area contributed by atoms with E-state index in [-0.39, 0.29) is 10.9 Å². The molecule has 1 aromatic heterocycles. The molecule has 0 radical (unpaired) electrons. The van der Waals surface area contributed by atoms with Crippen molar-refractivity contribution in [1.82, 2.24) is 4.98 Å². The number of hydrogen-bond acceptors (Lipinski definition) is 5. The maximum atomic E-state index is 12.2. The molecule has 0 aliphatic carbocycles. The van der Waals surface area contributed by atoms with E-state index < -0.39 is 7.60 Å². The lowest BCUT2D eigenvalue weighted by atomic mass is 9.87. The summed E-state index contributed by atoms with van der Waals surface area (Å²) in [5, 5.41) is 0. The van der Waals surface area contributed by atoms with E-state index in [1.54, 1.807) is 0 Å². The molecule has 0 atom stereocenters. The normalized spacial score (nSPS) is 12.9. The second kappa shape index (κ2) is 6.69. The third-order valence-electron chi connectivity index (χ3n) is 3.24. The predicted octanol–water partition coefficient (Wildman–Crippen LogP) is 3.64. The minimum Gasteiger partial charge on any atom is -0.447 e. The van der Waals surface area contributed by atoms with Crippen LogP contribution in [0.5, 0.6) is 0 Å². The Labute approximate surface area is 115 Å². The first-order valence-corrected chi connectivity index (χ1v) is 8.12. The van der Waals surface area contributed by atoms with Crippen molar-refractivity contribution in [3.05, 3.63) is 12.2 Å². The second-order valence-electron chi connectivity index (χ2n) is 5.21. The standard InChI is InChI=1S/C13H24NO4P/c1-6-7-8-9-13(2,3)12-14-11(10-18-12)19(15,16-4)17-5/h10H,6-9H2,1-5H3. The number of unbranched alkanes of at least 4 members (excludes halogenated alkanes) is 2. The van der Waals surface area contributed by atoms with Gasteiger partial charge in [0.1, 0.15) is 6.26 Å². The molecule has 0 saturated heterocycles. The van der Waals surface area contributed by atoms with Crippen LogP contribution >= 0.6 is 7.60 Å². The molecule has 0 bridgehead atoms. The van der Waals surface area contributed by atoms with Crippen molar-refractivity contribution in [3.63, 3.8) is 0 Å². The average molecular weight is 289 g/mol. The molecule has 0 saturated carbocycles. The van der Waals surface area contributed by atoms with Gasteiger partial charge >= 0.3 is 7.60 Å². The molecule has 0 aliphatic heterocycles.